The van der Waals surface area contributed by atoms with E-state index >= 15 is 0 Å². The highest BCUT2D eigenvalue weighted by Gasteiger charge is 2.20. The Balaban J connectivity index is 1.70. The van der Waals surface area contributed by atoms with Crippen LogP contribution in [0.2, 0.25) is 0 Å². The Hall–Kier alpha value is -2.51. The SMILES string of the molecule is Cc1ccccc1C(=O)N=Nc1c(O)n(CN2CCCCCC2)c2ccc(Br)cc12. The van der Waals surface area contributed by atoms with Gasteiger partial charge in [-0.3, -0.25) is 14.3 Å². The molecule has 6 nitrogen and oxygen atoms in total. The van der Waals surface area contributed by atoms with Crippen molar-refractivity contribution in [2.45, 2.75) is 39.3 Å². The maximum absolute atomic E-state index is 12.5. The van der Waals surface area contributed by atoms with Crippen LogP contribution in [0.3, 0.4) is 0 Å². The number of carbonyl (C=O) groups is 1. The number of benzene rings is 2. The number of aryl methyl sites for hydroxylation is 1. The monoisotopic (exact) mass is 468 g/mol. The van der Waals surface area contributed by atoms with Crippen LogP contribution in [0.15, 0.2) is 57.2 Å². The van der Waals surface area contributed by atoms with Crippen LogP contribution in [-0.2, 0) is 6.67 Å². The number of fused-ring (bicyclic) bond motifs is 1. The van der Waals surface area contributed by atoms with Crippen molar-refractivity contribution < 1.29 is 9.90 Å². The van der Waals surface area contributed by atoms with E-state index in [4.69, 9.17) is 0 Å². The smallest absolute Gasteiger partial charge is 0.295 e. The fourth-order valence-corrected chi connectivity index (χ4v) is 4.34. The first-order valence-electron chi connectivity index (χ1n) is 10.3. The summed E-state index contributed by atoms with van der Waals surface area (Å²) in [6.45, 7) is 4.48. The van der Waals surface area contributed by atoms with Crippen molar-refractivity contribution in [2.75, 3.05) is 13.1 Å². The van der Waals surface area contributed by atoms with Crippen molar-refractivity contribution in [1.82, 2.24) is 9.47 Å². The second kappa shape index (κ2) is 9.10. The molecule has 7 heteroatoms. The number of rotatable bonds is 4. The fourth-order valence-electron chi connectivity index (χ4n) is 3.98. The van der Waals surface area contributed by atoms with Crippen LogP contribution in [-0.4, -0.2) is 33.6 Å². The number of hydrogen-bond donors (Lipinski definition) is 1. The molecular weight excluding hydrogens is 444 g/mol. The van der Waals surface area contributed by atoms with E-state index in [1.54, 1.807) is 12.1 Å². The van der Waals surface area contributed by atoms with E-state index in [0.717, 1.165) is 34.0 Å². The minimum absolute atomic E-state index is 0.0358. The summed E-state index contributed by atoms with van der Waals surface area (Å²) < 4.78 is 2.74. The Morgan fingerprint density at radius 1 is 1.10 bits per heavy atom. The van der Waals surface area contributed by atoms with Crippen molar-refractivity contribution in [3.05, 3.63) is 58.1 Å². The van der Waals surface area contributed by atoms with Gasteiger partial charge in [0, 0.05) is 15.4 Å². The van der Waals surface area contributed by atoms with Gasteiger partial charge in [-0.15, -0.1) is 10.2 Å². The number of aromatic nitrogens is 1. The summed E-state index contributed by atoms with van der Waals surface area (Å²) in [6, 6.07) is 13.1. The molecule has 3 aromatic rings. The Labute approximate surface area is 184 Å². The summed E-state index contributed by atoms with van der Waals surface area (Å²) in [5, 5.41) is 19.9. The van der Waals surface area contributed by atoms with Gasteiger partial charge < -0.3 is 5.11 Å². The van der Waals surface area contributed by atoms with Gasteiger partial charge in [0.15, 0.2) is 5.69 Å². The van der Waals surface area contributed by atoms with Crippen LogP contribution in [0.5, 0.6) is 5.88 Å². The summed E-state index contributed by atoms with van der Waals surface area (Å²) in [5.74, 6) is -0.385. The summed E-state index contributed by atoms with van der Waals surface area (Å²) in [7, 11) is 0. The molecule has 0 atom stereocenters. The van der Waals surface area contributed by atoms with Crippen LogP contribution in [0.4, 0.5) is 5.69 Å². The molecule has 156 valence electrons. The Morgan fingerprint density at radius 3 is 2.57 bits per heavy atom. The number of nitrogens with zero attached hydrogens (tertiary/aromatic N) is 4. The predicted octanol–water partition coefficient (Wildman–Crippen LogP) is 6.18. The molecule has 1 amide bonds. The standard InChI is InChI=1S/C23H25BrN4O2/c1-16-8-4-5-9-18(16)22(29)26-25-21-19-14-17(24)10-11-20(19)28(23(21)30)15-27-12-6-2-3-7-13-27/h4-5,8-11,14,30H,2-3,6-7,12-13,15H2,1H3. The molecule has 0 bridgehead atoms. The Morgan fingerprint density at radius 2 is 1.83 bits per heavy atom. The number of hydrogen-bond acceptors (Lipinski definition) is 4. The molecule has 0 aliphatic carbocycles. The highest BCUT2D eigenvalue weighted by molar-refractivity contribution is 9.10. The van der Waals surface area contributed by atoms with Crippen LogP contribution >= 0.6 is 15.9 Å². The maximum atomic E-state index is 12.5. The highest BCUT2D eigenvalue weighted by Crippen LogP contribution is 2.40. The summed E-state index contributed by atoms with van der Waals surface area (Å²) in [4.78, 5) is 14.9. The van der Waals surface area contributed by atoms with Gasteiger partial charge in [-0.1, -0.05) is 47.0 Å². The molecule has 0 radical (unpaired) electrons. The van der Waals surface area contributed by atoms with Gasteiger partial charge in [0.2, 0.25) is 5.88 Å². The lowest BCUT2D eigenvalue weighted by Crippen LogP contribution is -2.27. The van der Waals surface area contributed by atoms with Gasteiger partial charge in [0.25, 0.3) is 5.91 Å². The quantitative estimate of drug-likeness (QED) is 0.464. The molecular formula is C23H25BrN4O2. The molecule has 1 aliphatic heterocycles. The fraction of sp³-hybridized carbons (Fsp3) is 0.348. The molecule has 1 aliphatic rings. The minimum atomic E-state index is -0.420. The second-order valence-corrected chi connectivity index (χ2v) is 8.67. The van der Waals surface area contributed by atoms with E-state index in [0.29, 0.717) is 17.9 Å². The average molecular weight is 469 g/mol. The van der Waals surface area contributed by atoms with Crippen molar-refractivity contribution in [1.29, 1.82) is 0 Å². The van der Waals surface area contributed by atoms with E-state index in [9.17, 15) is 9.90 Å². The minimum Gasteiger partial charge on any atom is -0.493 e. The molecule has 1 fully saturated rings. The lowest BCUT2D eigenvalue weighted by Gasteiger charge is -2.21. The van der Waals surface area contributed by atoms with E-state index in [-0.39, 0.29) is 5.88 Å². The van der Waals surface area contributed by atoms with Crippen molar-refractivity contribution in [2.24, 2.45) is 10.2 Å². The Kier molecular flexibility index (Phi) is 6.29. The molecule has 1 N–H and O–H groups in total. The zero-order chi connectivity index (χ0) is 21.1. The highest BCUT2D eigenvalue weighted by atomic mass is 79.9. The lowest BCUT2D eigenvalue weighted by molar-refractivity contribution is 0.0994. The Bertz CT molecular complexity index is 1100. The first kappa shape index (κ1) is 20.8. The number of azo groups is 1. The third-order valence-electron chi connectivity index (χ3n) is 5.63. The second-order valence-electron chi connectivity index (χ2n) is 7.76. The topological polar surface area (TPSA) is 70.2 Å². The number of aromatic hydroxyl groups is 1. The molecule has 1 saturated heterocycles. The van der Waals surface area contributed by atoms with Crippen molar-refractivity contribution in [3.63, 3.8) is 0 Å². The summed E-state index contributed by atoms with van der Waals surface area (Å²) in [5.41, 5.74) is 2.55. The zero-order valence-electron chi connectivity index (χ0n) is 17.0. The lowest BCUT2D eigenvalue weighted by atomic mass is 10.1. The third kappa shape index (κ3) is 4.32. The van der Waals surface area contributed by atoms with Gasteiger partial charge in [0.1, 0.15) is 0 Å². The molecule has 2 aromatic carbocycles. The third-order valence-corrected chi connectivity index (χ3v) is 6.12. The van der Waals surface area contributed by atoms with Gasteiger partial charge in [-0.25, -0.2) is 0 Å². The molecule has 0 unspecified atom stereocenters. The number of likely N-dealkylation sites (tertiary alicyclic amines) is 1. The first-order valence-corrected chi connectivity index (χ1v) is 11.1. The van der Waals surface area contributed by atoms with Gasteiger partial charge in [-0.05, 0) is 62.7 Å². The average Bonchev–Trinajstić information content (AvgIpc) is 2.90. The number of halogens is 1. The first-order chi connectivity index (χ1) is 14.5. The van der Waals surface area contributed by atoms with Crippen molar-refractivity contribution >= 4 is 38.4 Å². The number of amides is 1. The normalized spacial score (nSPS) is 15.7. The van der Waals surface area contributed by atoms with E-state index < -0.39 is 5.91 Å². The van der Waals surface area contributed by atoms with E-state index in [1.807, 2.05) is 41.8 Å². The summed E-state index contributed by atoms with van der Waals surface area (Å²) >= 11 is 3.50. The molecule has 0 spiro atoms. The number of carbonyl (C=O) groups excluding carboxylic acids is 1. The molecule has 2 heterocycles. The van der Waals surface area contributed by atoms with Crippen LogP contribution in [0.1, 0.15) is 41.6 Å². The van der Waals surface area contributed by atoms with Gasteiger partial charge in [-0.2, -0.15) is 0 Å². The van der Waals surface area contributed by atoms with Gasteiger partial charge >= 0.3 is 0 Å². The van der Waals surface area contributed by atoms with Crippen LogP contribution < -0.4 is 0 Å². The molecule has 1 aromatic heterocycles. The van der Waals surface area contributed by atoms with Crippen molar-refractivity contribution in [3.8, 4) is 5.88 Å². The zero-order valence-corrected chi connectivity index (χ0v) is 18.6. The largest absolute Gasteiger partial charge is 0.493 e. The van der Waals surface area contributed by atoms with Crippen LogP contribution in [0.25, 0.3) is 10.9 Å². The molecule has 0 saturated carbocycles. The van der Waals surface area contributed by atoms with E-state index in [2.05, 4.69) is 31.1 Å². The summed E-state index contributed by atoms with van der Waals surface area (Å²) in [6.07, 6.45) is 4.84. The molecule has 4 rings (SSSR count). The van der Waals surface area contributed by atoms with Crippen LogP contribution in [0, 0.1) is 6.92 Å². The predicted molar refractivity (Wildman–Crippen MR) is 121 cm³/mol. The van der Waals surface area contributed by atoms with Gasteiger partial charge in [0.05, 0.1) is 12.2 Å². The molecule has 30 heavy (non-hydrogen) atoms. The van der Waals surface area contributed by atoms with E-state index in [1.165, 1.54) is 25.7 Å². The maximum Gasteiger partial charge on any atom is 0.295 e.